The van der Waals surface area contributed by atoms with Gasteiger partial charge in [0.2, 0.25) is 10.0 Å². The number of nitrogens with zero attached hydrogens (tertiary/aromatic N) is 2. The summed E-state index contributed by atoms with van der Waals surface area (Å²) in [7, 11) is -3.81. The van der Waals surface area contributed by atoms with Crippen molar-refractivity contribution in [3.63, 3.8) is 0 Å². The Balaban J connectivity index is 1.64. The molecule has 172 valence electrons. The zero-order chi connectivity index (χ0) is 23.4. The van der Waals surface area contributed by atoms with E-state index in [2.05, 4.69) is 4.98 Å². The molecule has 1 fully saturated rings. The number of carboxylic acids is 1. The minimum absolute atomic E-state index is 0.0542. The highest BCUT2D eigenvalue weighted by Crippen LogP contribution is 2.41. The number of allylic oxidation sites excluding steroid dienone is 2. The molecular formula is C25H26N2O5S. The number of aromatic hydroxyl groups is 1. The van der Waals surface area contributed by atoms with Gasteiger partial charge in [-0.25, -0.2) is 8.42 Å². The van der Waals surface area contributed by atoms with Gasteiger partial charge in [-0.3, -0.25) is 9.78 Å². The van der Waals surface area contributed by atoms with Crippen LogP contribution in [0.3, 0.4) is 0 Å². The van der Waals surface area contributed by atoms with Crippen molar-refractivity contribution in [1.29, 1.82) is 0 Å². The lowest BCUT2D eigenvalue weighted by molar-refractivity contribution is -0.136. The van der Waals surface area contributed by atoms with Crippen molar-refractivity contribution in [3.05, 3.63) is 78.5 Å². The summed E-state index contributed by atoms with van der Waals surface area (Å²) in [6.45, 7) is 0.546. The van der Waals surface area contributed by atoms with Crippen LogP contribution in [-0.2, 0) is 14.8 Å². The van der Waals surface area contributed by atoms with Gasteiger partial charge in [-0.1, -0.05) is 48.6 Å². The number of benzene rings is 2. The lowest BCUT2D eigenvalue weighted by Crippen LogP contribution is -2.29. The Bertz CT molecular complexity index is 1280. The van der Waals surface area contributed by atoms with Gasteiger partial charge in [0.1, 0.15) is 10.6 Å². The second-order valence-corrected chi connectivity index (χ2v) is 10.1. The van der Waals surface area contributed by atoms with Gasteiger partial charge in [0, 0.05) is 37.0 Å². The van der Waals surface area contributed by atoms with E-state index < -0.39 is 16.0 Å². The summed E-state index contributed by atoms with van der Waals surface area (Å²) in [5, 5.41) is 20.0. The average Bonchev–Trinajstić information content (AvgIpc) is 3.23. The molecule has 0 spiro atoms. The number of sulfonamides is 1. The summed E-state index contributed by atoms with van der Waals surface area (Å²) >= 11 is 0. The maximum absolute atomic E-state index is 13.6. The Morgan fingerprint density at radius 1 is 1.06 bits per heavy atom. The van der Waals surface area contributed by atoms with Crippen molar-refractivity contribution in [2.24, 2.45) is 5.92 Å². The molecule has 4 rings (SSSR count). The lowest BCUT2D eigenvalue weighted by atomic mass is 9.86. The Hall–Kier alpha value is -3.23. The zero-order valence-corrected chi connectivity index (χ0v) is 18.9. The van der Waals surface area contributed by atoms with E-state index in [0.29, 0.717) is 24.9 Å². The topological polar surface area (TPSA) is 108 Å². The highest BCUT2D eigenvalue weighted by atomic mass is 32.2. The molecule has 2 N–H and O–H groups in total. The number of para-hydroxylation sites is 2. The van der Waals surface area contributed by atoms with Crippen molar-refractivity contribution >= 4 is 26.9 Å². The van der Waals surface area contributed by atoms with Crippen molar-refractivity contribution < 1.29 is 23.4 Å². The van der Waals surface area contributed by atoms with E-state index in [4.69, 9.17) is 5.11 Å². The van der Waals surface area contributed by atoms with E-state index in [9.17, 15) is 18.3 Å². The van der Waals surface area contributed by atoms with Gasteiger partial charge in [-0.05, 0) is 42.5 Å². The van der Waals surface area contributed by atoms with Crippen LogP contribution in [0.5, 0.6) is 5.75 Å². The van der Waals surface area contributed by atoms with E-state index in [1.54, 1.807) is 36.5 Å². The van der Waals surface area contributed by atoms with Crippen molar-refractivity contribution in [2.75, 3.05) is 13.1 Å². The van der Waals surface area contributed by atoms with Gasteiger partial charge in [0.15, 0.2) is 0 Å². The fraction of sp³-hybridized carbons (Fsp3) is 0.280. The van der Waals surface area contributed by atoms with Crippen LogP contribution in [0.4, 0.5) is 0 Å². The summed E-state index contributed by atoms with van der Waals surface area (Å²) in [5.41, 5.74) is 1.16. The average molecular weight is 467 g/mol. The van der Waals surface area contributed by atoms with Crippen LogP contribution in [-0.4, -0.2) is 47.0 Å². The number of carbonyl (C=O) groups is 1. The first-order valence-corrected chi connectivity index (χ1v) is 12.3. The Kier molecular flexibility index (Phi) is 6.76. The molecule has 1 aliphatic rings. The number of fused-ring (bicyclic) bond motifs is 1. The molecule has 0 bridgehead atoms. The summed E-state index contributed by atoms with van der Waals surface area (Å²) in [6.07, 6.45) is 6.38. The van der Waals surface area contributed by atoms with E-state index in [0.717, 1.165) is 10.9 Å². The van der Waals surface area contributed by atoms with Gasteiger partial charge in [-0.2, -0.15) is 4.31 Å². The maximum atomic E-state index is 13.6. The Labute approximate surface area is 193 Å². The molecule has 0 aliphatic carbocycles. The molecule has 0 unspecified atom stereocenters. The van der Waals surface area contributed by atoms with Crippen LogP contribution >= 0.6 is 0 Å². The number of pyridine rings is 1. The Morgan fingerprint density at radius 2 is 1.85 bits per heavy atom. The third-order valence-corrected chi connectivity index (χ3v) is 7.95. The van der Waals surface area contributed by atoms with Crippen molar-refractivity contribution in [1.82, 2.24) is 9.29 Å². The minimum Gasteiger partial charge on any atom is -0.508 e. The summed E-state index contributed by atoms with van der Waals surface area (Å²) < 4.78 is 28.8. The molecule has 2 atom stereocenters. The summed E-state index contributed by atoms with van der Waals surface area (Å²) in [5.74, 6) is -0.952. The molecule has 2 aromatic carbocycles. The Morgan fingerprint density at radius 3 is 2.64 bits per heavy atom. The molecule has 0 saturated carbocycles. The lowest BCUT2D eigenvalue weighted by Gasteiger charge is -2.18. The quantitative estimate of drug-likeness (QED) is 0.483. The second-order valence-electron chi connectivity index (χ2n) is 8.22. The molecule has 2 heterocycles. The monoisotopic (exact) mass is 466 g/mol. The maximum Gasteiger partial charge on any atom is 0.303 e. The summed E-state index contributed by atoms with van der Waals surface area (Å²) in [6, 6.07) is 15.8. The van der Waals surface area contributed by atoms with Crippen LogP contribution in [0.15, 0.2) is 77.8 Å². The van der Waals surface area contributed by atoms with Crippen molar-refractivity contribution in [3.8, 4) is 5.75 Å². The molecule has 3 aromatic rings. The SMILES string of the molecule is O=C(O)CC/C=C\C[C@@H]1CN(S(=O)(=O)c2cccc3cccnc23)C[C@@H]1c1ccccc1O. The number of phenolic OH excluding ortho intramolecular Hbond substituents is 1. The highest BCUT2D eigenvalue weighted by Gasteiger charge is 2.40. The number of aliphatic carboxylic acids is 1. The smallest absolute Gasteiger partial charge is 0.303 e. The van der Waals surface area contributed by atoms with Crippen LogP contribution in [0.2, 0.25) is 0 Å². The van der Waals surface area contributed by atoms with Crippen LogP contribution in [0, 0.1) is 5.92 Å². The normalized spacial score (nSPS) is 19.4. The fourth-order valence-corrected chi connectivity index (χ4v) is 6.13. The predicted octanol–water partition coefficient (Wildman–Crippen LogP) is 4.16. The highest BCUT2D eigenvalue weighted by molar-refractivity contribution is 7.89. The van der Waals surface area contributed by atoms with Crippen LogP contribution < -0.4 is 0 Å². The molecule has 7 nitrogen and oxygen atoms in total. The van der Waals surface area contributed by atoms with Gasteiger partial charge < -0.3 is 10.2 Å². The minimum atomic E-state index is -3.81. The van der Waals surface area contributed by atoms with Gasteiger partial charge in [0.25, 0.3) is 0 Å². The molecule has 1 aliphatic heterocycles. The van der Waals surface area contributed by atoms with Crippen LogP contribution in [0.25, 0.3) is 10.9 Å². The number of rotatable bonds is 8. The number of phenols is 1. The molecule has 1 aromatic heterocycles. The standard InChI is InChI=1S/C25H26N2O5S/c28-22-12-5-4-11-20(22)21-17-27(16-19(21)8-2-1-3-14-24(29)30)33(31,32)23-13-6-9-18-10-7-15-26-25(18)23/h1-2,4-7,9-13,15,19,21,28H,3,8,14,16-17H2,(H,29,30)/b2-1-/t19-,21+/m1/s1. The van der Waals surface area contributed by atoms with Gasteiger partial charge >= 0.3 is 5.97 Å². The van der Waals surface area contributed by atoms with Gasteiger partial charge in [-0.15, -0.1) is 0 Å². The molecule has 0 radical (unpaired) electrons. The van der Waals surface area contributed by atoms with E-state index in [1.807, 2.05) is 36.4 Å². The molecular weight excluding hydrogens is 440 g/mol. The number of hydrogen-bond acceptors (Lipinski definition) is 5. The first-order chi connectivity index (χ1) is 15.9. The van der Waals surface area contributed by atoms with Crippen molar-refractivity contribution in [2.45, 2.75) is 30.1 Å². The predicted molar refractivity (Wildman–Crippen MR) is 125 cm³/mol. The number of carboxylic acid groups (broad SMARTS) is 1. The van der Waals surface area contributed by atoms with Crippen LogP contribution in [0.1, 0.15) is 30.7 Å². The fourth-order valence-electron chi connectivity index (χ4n) is 4.44. The zero-order valence-electron chi connectivity index (χ0n) is 18.0. The van der Waals surface area contributed by atoms with E-state index in [-0.39, 0.29) is 35.4 Å². The first kappa shape index (κ1) is 22.9. The summed E-state index contributed by atoms with van der Waals surface area (Å²) in [4.78, 5) is 15.2. The molecule has 1 saturated heterocycles. The molecule has 33 heavy (non-hydrogen) atoms. The molecule has 0 amide bonds. The first-order valence-electron chi connectivity index (χ1n) is 10.9. The molecule has 8 heteroatoms. The number of aromatic nitrogens is 1. The number of hydrogen-bond donors (Lipinski definition) is 2. The second kappa shape index (κ2) is 9.72. The largest absolute Gasteiger partial charge is 0.508 e. The van der Waals surface area contributed by atoms with E-state index in [1.165, 1.54) is 4.31 Å². The van der Waals surface area contributed by atoms with Gasteiger partial charge in [0.05, 0.1) is 5.52 Å². The van der Waals surface area contributed by atoms with E-state index >= 15 is 0 Å². The third-order valence-electron chi connectivity index (χ3n) is 6.09. The third kappa shape index (κ3) is 4.91.